The Morgan fingerprint density at radius 2 is 1.87 bits per heavy atom. The second-order valence-electron chi connectivity index (χ2n) is 6.56. The van der Waals surface area contributed by atoms with Gasteiger partial charge in [0.05, 0.1) is 5.92 Å². The van der Waals surface area contributed by atoms with E-state index >= 15 is 0 Å². The van der Waals surface area contributed by atoms with Crippen LogP contribution in [0.15, 0.2) is 30.3 Å². The van der Waals surface area contributed by atoms with Crippen molar-refractivity contribution in [2.45, 2.75) is 44.8 Å². The summed E-state index contributed by atoms with van der Waals surface area (Å²) in [5, 5.41) is 9.26. The molecule has 1 aliphatic heterocycles. The van der Waals surface area contributed by atoms with E-state index in [1.807, 2.05) is 30.3 Å². The minimum absolute atomic E-state index is 0.141. The Hall–Kier alpha value is -2.04. The van der Waals surface area contributed by atoms with Gasteiger partial charge in [0, 0.05) is 12.6 Å². The van der Waals surface area contributed by atoms with E-state index in [0.717, 1.165) is 24.8 Å². The molecule has 3 rings (SSSR count). The Bertz CT molecular complexity index is 555. The van der Waals surface area contributed by atoms with Gasteiger partial charge in [0.1, 0.15) is 6.61 Å². The van der Waals surface area contributed by atoms with E-state index in [1.165, 1.54) is 6.42 Å². The third-order valence-electron chi connectivity index (χ3n) is 5.11. The van der Waals surface area contributed by atoms with Gasteiger partial charge in [-0.1, -0.05) is 36.8 Å². The van der Waals surface area contributed by atoms with E-state index in [0.29, 0.717) is 12.3 Å². The molecule has 0 spiro atoms. The number of benzene rings is 1. The van der Waals surface area contributed by atoms with E-state index in [2.05, 4.69) is 0 Å². The predicted octanol–water partition coefficient (Wildman–Crippen LogP) is 3.29. The average Bonchev–Trinajstić information content (AvgIpc) is 2.52. The van der Waals surface area contributed by atoms with Crippen LogP contribution in [-0.2, 0) is 16.1 Å². The molecule has 1 aromatic carbocycles. The summed E-state index contributed by atoms with van der Waals surface area (Å²) in [5.74, 6) is -0.789. The SMILES string of the molecule is O=C(O)[C@H]1CC[C@H](C2CCC2)N(C(=O)OCc2ccccc2)C1. The normalized spacial score (nSPS) is 24.8. The number of carboxylic acid groups (broad SMARTS) is 1. The molecule has 1 aromatic rings. The summed E-state index contributed by atoms with van der Waals surface area (Å²) >= 11 is 0. The Balaban J connectivity index is 1.64. The number of carbonyl (C=O) groups excluding carboxylic acids is 1. The van der Waals surface area contributed by atoms with E-state index in [9.17, 15) is 14.7 Å². The van der Waals surface area contributed by atoms with Gasteiger partial charge < -0.3 is 14.7 Å². The van der Waals surface area contributed by atoms with Crippen LogP contribution in [0, 0.1) is 11.8 Å². The van der Waals surface area contributed by atoms with Gasteiger partial charge in [0.25, 0.3) is 0 Å². The molecule has 1 saturated heterocycles. The fourth-order valence-electron chi connectivity index (χ4n) is 3.52. The van der Waals surface area contributed by atoms with Crippen molar-refractivity contribution in [1.82, 2.24) is 4.90 Å². The molecule has 5 heteroatoms. The molecule has 2 fully saturated rings. The first-order chi connectivity index (χ1) is 11.1. The summed E-state index contributed by atoms with van der Waals surface area (Å²) < 4.78 is 5.44. The maximum atomic E-state index is 12.5. The van der Waals surface area contributed by atoms with Crippen LogP contribution < -0.4 is 0 Å². The Morgan fingerprint density at radius 3 is 2.48 bits per heavy atom. The van der Waals surface area contributed by atoms with Gasteiger partial charge in [-0.15, -0.1) is 0 Å². The highest BCUT2D eigenvalue weighted by Gasteiger charge is 2.41. The molecule has 5 nitrogen and oxygen atoms in total. The highest BCUT2D eigenvalue weighted by atomic mass is 16.6. The predicted molar refractivity (Wildman–Crippen MR) is 84.8 cm³/mol. The molecule has 2 atom stereocenters. The summed E-state index contributed by atoms with van der Waals surface area (Å²) in [5.41, 5.74) is 0.938. The highest BCUT2D eigenvalue weighted by Crippen LogP contribution is 2.38. The van der Waals surface area contributed by atoms with Crippen molar-refractivity contribution < 1.29 is 19.4 Å². The van der Waals surface area contributed by atoms with Crippen LogP contribution in [0.25, 0.3) is 0 Å². The van der Waals surface area contributed by atoms with Gasteiger partial charge >= 0.3 is 12.1 Å². The minimum Gasteiger partial charge on any atom is -0.481 e. The fourth-order valence-corrected chi connectivity index (χ4v) is 3.52. The van der Waals surface area contributed by atoms with Crippen molar-refractivity contribution in [1.29, 1.82) is 0 Å². The third-order valence-corrected chi connectivity index (χ3v) is 5.11. The number of carboxylic acids is 1. The molecule has 124 valence electrons. The fraction of sp³-hybridized carbons (Fsp3) is 0.556. The molecular formula is C18H23NO4. The quantitative estimate of drug-likeness (QED) is 0.925. The van der Waals surface area contributed by atoms with E-state index in [1.54, 1.807) is 4.90 Å². The number of rotatable bonds is 4. The maximum Gasteiger partial charge on any atom is 0.410 e. The lowest BCUT2D eigenvalue weighted by Gasteiger charge is -2.44. The van der Waals surface area contributed by atoms with Crippen LogP contribution in [0.1, 0.15) is 37.7 Å². The summed E-state index contributed by atoms with van der Waals surface area (Å²) in [4.78, 5) is 25.5. The highest BCUT2D eigenvalue weighted by molar-refractivity contribution is 5.73. The van der Waals surface area contributed by atoms with Crippen molar-refractivity contribution in [2.24, 2.45) is 11.8 Å². The van der Waals surface area contributed by atoms with Gasteiger partial charge in [0.2, 0.25) is 0 Å². The zero-order valence-electron chi connectivity index (χ0n) is 13.2. The van der Waals surface area contributed by atoms with Crippen LogP contribution in [0.5, 0.6) is 0 Å². The molecule has 1 N–H and O–H groups in total. The standard InChI is InChI=1S/C18H23NO4/c20-17(21)15-9-10-16(14-7-4-8-14)19(11-15)18(22)23-12-13-5-2-1-3-6-13/h1-3,5-6,14-16H,4,7-12H2,(H,20,21)/t15-,16+/m0/s1. The Labute approximate surface area is 136 Å². The number of ether oxygens (including phenoxy) is 1. The Morgan fingerprint density at radius 1 is 1.13 bits per heavy atom. The second-order valence-corrected chi connectivity index (χ2v) is 6.56. The smallest absolute Gasteiger partial charge is 0.410 e. The number of likely N-dealkylation sites (tertiary alicyclic amines) is 1. The van der Waals surface area contributed by atoms with Crippen molar-refractivity contribution in [3.63, 3.8) is 0 Å². The minimum atomic E-state index is -0.821. The Kier molecular flexibility index (Phi) is 4.84. The van der Waals surface area contributed by atoms with Gasteiger partial charge in [-0.3, -0.25) is 4.79 Å². The molecular weight excluding hydrogens is 294 g/mol. The summed E-state index contributed by atoms with van der Waals surface area (Å²) in [6.07, 6.45) is 4.50. The van der Waals surface area contributed by atoms with Crippen molar-refractivity contribution in [3.8, 4) is 0 Å². The third kappa shape index (κ3) is 3.66. The monoisotopic (exact) mass is 317 g/mol. The summed E-state index contributed by atoms with van der Waals surface area (Å²) in [6.45, 7) is 0.495. The zero-order chi connectivity index (χ0) is 16.2. The van der Waals surface area contributed by atoms with Gasteiger partial charge in [-0.25, -0.2) is 4.79 Å². The van der Waals surface area contributed by atoms with Crippen molar-refractivity contribution in [3.05, 3.63) is 35.9 Å². The average molecular weight is 317 g/mol. The van der Waals surface area contributed by atoms with Crippen LogP contribution in [-0.4, -0.2) is 34.7 Å². The lowest BCUT2D eigenvalue weighted by molar-refractivity contribution is -0.144. The van der Waals surface area contributed by atoms with Gasteiger partial charge in [0.15, 0.2) is 0 Å². The lowest BCUT2D eigenvalue weighted by atomic mass is 9.75. The number of amides is 1. The lowest BCUT2D eigenvalue weighted by Crippen LogP contribution is -2.53. The van der Waals surface area contributed by atoms with Gasteiger partial charge in [-0.2, -0.15) is 0 Å². The molecule has 1 amide bonds. The number of carbonyl (C=O) groups is 2. The molecule has 23 heavy (non-hydrogen) atoms. The first-order valence-electron chi connectivity index (χ1n) is 8.35. The topological polar surface area (TPSA) is 66.8 Å². The summed E-state index contributed by atoms with van der Waals surface area (Å²) in [7, 11) is 0. The van der Waals surface area contributed by atoms with Crippen molar-refractivity contribution in [2.75, 3.05) is 6.54 Å². The van der Waals surface area contributed by atoms with E-state index in [-0.39, 0.29) is 25.3 Å². The molecule has 0 aromatic heterocycles. The van der Waals surface area contributed by atoms with E-state index < -0.39 is 11.9 Å². The van der Waals surface area contributed by atoms with Crippen molar-refractivity contribution >= 4 is 12.1 Å². The molecule has 1 saturated carbocycles. The number of hydrogen-bond donors (Lipinski definition) is 1. The van der Waals surface area contributed by atoms with Crippen LogP contribution in [0.3, 0.4) is 0 Å². The van der Waals surface area contributed by atoms with Crippen LogP contribution in [0.4, 0.5) is 4.79 Å². The van der Waals surface area contributed by atoms with Gasteiger partial charge in [-0.05, 0) is 37.2 Å². The maximum absolute atomic E-state index is 12.5. The summed E-state index contributed by atoms with van der Waals surface area (Å²) in [6, 6.07) is 9.69. The number of hydrogen-bond acceptors (Lipinski definition) is 3. The molecule has 1 heterocycles. The second kappa shape index (κ2) is 7.02. The molecule has 0 unspecified atom stereocenters. The molecule has 0 radical (unpaired) electrons. The first-order valence-corrected chi connectivity index (χ1v) is 8.35. The van der Waals surface area contributed by atoms with Crippen LogP contribution >= 0.6 is 0 Å². The number of nitrogens with zero attached hydrogens (tertiary/aromatic N) is 1. The molecule has 0 bridgehead atoms. The number of aliphatic carboxylic acids is 1. The zero-order valence-corrected chi connectivity index (χ0v) is 13.2. The van der Waals surface area contributed by atoms with Crippen LogP contribution in [0.2, 0.25) is 0 Å². The molecule has 2 aliphatic rings. The van der Waals surface area contributed by atoms with E-state index in [4.69, 9.17) is 4.74 Å². The first kappa shape index (κ1) is 15.8. The molecule has 1 aliphatic carbocycles. The largest absolute Gasteiger partial charge is 0.481 e. The number of piperidine rings is 1.